The van der Waals surface area contributed by atoms with Gasteiger partial charge in [-0.05, 0) is 56.2 Å². The number of carbonyl (C=O) groups is 4. The second kappa shape index (κ2) is 13.7. The molecular formula is C30H33N3O6. The van der Waals surface area contributed by atoms with Crippen LogP contribution in [0.5, 0.6) is 0 Å². The fourth-order valence-electron chi connectivity index (χ4n) is 3.40. The van der Waals surface area contributed by atoms with E-state index in [4.69, 9.17) is 9.47 Å². The van der Waals surface area contributed by atoms with Gasteiger partial charge in [0.2, 0.25) is 11.7 Å². The van der Waals surface area contributed by atoms with E-state index in [0.29, 0.717) is 22.0 Å². The normalized spacial score (nSPS) is 10.5. The predicted octanol–water partition coefficient (Wildman–Crippen LogP) is 4.23. The topological polar surface area (TPSA) is 124 Å². The third-order valence-corrected chi connectivity index (χ3v) is 5.23. The summed E-state index contributed by atoms with van der Waals surface area (Å²) < 4.78 is 10.2. The van der Waals surface area contributed by atoms with Crippen molar-refractivity contribution in [2.45, 2.75) is 26.4 Å². The smallest absolute Gasteiger partial charge is 0.338 e. The van der Waals surface area contributed by atoms with Crippen molar-refractivity contribution in [3.05, 3.63) is 91.4 Å². The van der Waals surface area contributed by atoms with Crippen LogP contribution in [-0.2, 0) is 19.1 Å². The van der Waals surface area contributed by atoms with Crippen LogP contribution in [0.4, 0.5) is 0 Å². The van der Waals surface area contributed by atoms with Crippen molar-refractivity contribution < 1.29 is 28.7 Å². The molecule has 0 spiro atoms. The van der Waals surface area contributed by atoms with Crippen LogP contribution in [0.1, 0.15) is 41.5 Å². The molecule has 2 amide bonds. The molecule has 2 N–H and O–H groups in total. The molecule has 1 heterocycles. The summed E-state index contributed by atoms with van der Waals surface area (Å²) in [7, 11) is 1.31. The molecule has 0 fully saturated rings. The van der Waals surface area contributed by atoms with Crippen LogP contribution in [0.15, 0.2) is 80.2 Å². The van der Waals surface area contributed by atoms with E-state index in [1.807, 2.05) is 39.0 Å². The molecule has 0 aliphatic carbocycles. The third-order valence-electron chi connectivity index (χ3n) is 5.23. The molecule has 39 heavy (non-hydrogen) atoms. The number of Topliss-reactive ketones (excluding diaryl/α,β-unsaturated/α-hetero) is 1. The molecule has 0 saturated heterocycles. The second-order valence-electron chi connectivity index (χ2n) is 9.18. The molecule has 3 aromatic rings. The lowest BCUT2D eigenvalue weighted by atomic mass is 9.99. The van der Waals surface area contributed by atoms with Gasteiger partial charge in [0, 0.05) is 11.6 Å². The van der Waals surface area contributed by atoms with E-state index >= 15 is 0 Å². The number of methoxy groups -OCH3 is 1. The standard InChI is InChI=1S/C28H29N3O6.C2H4/c1-17(36-5)24(32)15-30-25(33)16-31-26(34)22-11-12-29-23-14-19(9-10-21(22)23)18-7-6-8-20(13-18)27(35)37-28(2,3)4;1-2/h6-14H,1,15-16H2,2-5H3,(H,30,33)(H,31,34);1-2H2. The highest BCUT2D eigenvalue weighted by Crippen LogP contribution is 2.26. The van der Waals surface area contributed by atoms with E-state index in [1.165, 1.54) is 13.3 Å². The van der Waals surface area contributed by atoms with Gasteiger partial charge >= 0.3 is 5.97 Å². The van der Waals surface area contributed by atoms with Gasteiger partial charge in [-0.1, -0.05) is 30.8 Å². The first-order chi connectivity index (χ1) is 18.5. The van der Waals surface area contributed by atoms with E-state index < -0.39 is 29.2 Å². The number of nitrogens with zero attached hydrogens (tertiary/aromatic N) is 1. The van der Waals surface area contributed by atoms with Crippen LogP contribution in [0.25, 0.3) is 22.0 Å². The van der Waals surface area contributed by atoms with Gasteiger partial charge in [-0.2, -0.15) is 0 Å². The lowest BCUT2D eigenvalue weighted by molar-refractivity contribution is -0.124. The number of fused-ring (bicyclic) bond motifs is 1. The van der Waals surface area contributed by atoms with Gasteiger partial charge in [0.1, 0.15) is 5.60 Å². The molecule has 204 valence electrons. The summed E-state index contributed by atoms with van der Waals surface area (Å²) in [5.74, 6) is -1.94. The fraction of sp³-hybridized carbons (Fsp3) is 0.233. The zero-order chi connectivity index (χ0) is 29.2. The minimum atomic E-state index is -0.603. The highest BCUT2D eigenvalue weighted by molar-refractivity contribution is 6.07. The summed E-state index contributed by atoms with van der Waals surface area (Å²) in [5.41, 5.74) is 2.35. The Kier molecular flexibility index (Phi) is 10.7. The van der Waals surface area contributed by atoms with Crippen LogP contribution < -0.4 is 10.6 Å². The maximum Gasteiger partial charge on any atom is 0.338 e. The number of hydrogen-bond acceptors (Lipinski definition) is 7. The van der Waals surface area contributed by atoms with Gasteiger partial charge in [0.25, 0.3) is 5.91 Å². The van der Waals surface area contributed by atoms with Crippen molar-refractivity contribution >= 4 is 34.5 Å². The van der Waals surface area contributed by atoms with Crippen molar-refractivity contribution in [3.63, 3.8) is 0 Å². The van der Waals surface area contributed by atoms with Crippen LogP contribution in [0, 0.1) is 0 Å². The summed E-state index contributed by atoms with van der Waals surface area (Å²) in [4.78, 5) is 53.3. The van der Waals surface area contributed by atoms with Crippen LogP contribution >= 0.6 is 0 Å². The molecule has 0 saturated carbocycles. The van der Waals surface area contributed by atoms with E-state index in [2.05, 4.69) is 35.4 Å². The molecule has 0 aliphatic heterocycles. The summed E-state index contributed by atoms with van der Waals surface area (Å²) in [5, 5.41) is 5.55. The maximum atomic E-state index is 12.8. The molecule has 0 bridgehead atoms. The van der Waals surface area contributed by atoms with Gasteiger partial charge in [0.15, 0.2) is 5.76 Å². The molecule has 0 radical (unpaired) electrons. The number of hydrogen-bond donors (Lipinski definition) is 2. The number of pyridine rings is 1. The van der Waals surface area contributed by atoms with Crippen molar-refractivity contribution in [1.82, 2.24) is 15.6 Å². The lowest BCUT2D eigenvalue weighted by Crippen LogP contribution is -2.39. The molecule has 9 nitrogen and oxygen atoms in total. The first-order valence-corrected chi connectivity index (χ1v) is 12.0. The Bertz CT molecular complexity index is 1390. The predicted molar refractivity (Wildman–Crippen MR) is 150 cm³/mol. The highest BCUT2D eigenvalue weighted by Gasteiger charge is 2.19. The monoisotopic (exact) mass is 531 g/mol. The molecule has 3 rings (SSSR count). The molecule has 1 aromatic heterocycles. The molecule has 9 heteroatoms. The molecule has 2 aromatic carbocycles. The average Bonchev–Trinajstić information content (AvgIpc) is 2.93. The van der Waals surface area contributed by atoms with E-state index in [-0.39, 0.29) is 18.8 Å². The first-order valence-electron chi connectivity index (χ1n) is 12.0. The van der Waals surface area contributed by atoms with Crippen molar-refractivity contribution in [1.29, 1.82) is 0 Å². The number of ether oxygens (including phenoxy) is 2. The van der Waals surface area contributed by atoms with Gasteiger partial charge in [-0.15, -0.1) is 13.2 Å². The Morgan fingerprint density at radius 3 is 2.28 bits per heavy atom. The third kappa shape index (κ3) is 8.63. The van der Waals surface area contributed by atoms with Crippen LogP contribution in [0.2, 0.25) is 0 Å². The number of rotatable bonds is 9. The van der Waals surface area contributed by atoms with E-state index in [0.717, 1.165) is 11.1 Å². The van der Waals surface area contributed by atoms with Crippen molar-refractivity contribution in [3.8, 4) is 11.1 Å². The Labute approximate surface area is 227 Å². The molecule has 0 atom stereocenters. The van der Waals surface area contributed by atoms with Gasteiger partial charge in [-0.3, -0.25) is 19.4 Å². The number of ketones is 1. The summed E-state index contributed by atoms with van der Waals surface area (Å²) in [6.07, 6.45) is 1.51. The molecular weight excluding hydrogens is 498 g/mol. The Hall–Kier alpha value is -4.79. The summed E-state index contributed by atoms with van der Waals surface area (Å²) in [6.45, 7) is 14.3. The quantitative estimate of drug-likeness (QED) is 0.183. The van der Waals surface area contributed by atoms with E-state index in [9.17, 15) is 19.2 Å². The van der Waals surface area contributed by atoms with Crippen LogP contribution in [-0.4, -0.2) is 54.4 Å². The average molecular weight is 532 g/mol. The second-order valence-corrected chi connectivity index (χ2v) is 9.18. The number of nitrogens with one attached hydrogen (secondary N) is 2. The number of carbonyl (C=O) groups excluding carboxylic acids is 4. The van der Waals surface area contributed by atoms with Gasteiger partial charge in [0.05, 0.1) is 36.8 Å². The minimum absolute atomic E-state index is 0.0662. The van der Waals surface area contributed by atoms with Gasteiger partial charge in [-0.25, -0.2) is 4.79 Å². The van der Waals surface area contributed by atoms with Crippen molar-refractivity contribution in [2.24, 2.45) is 0 Å². The highest BCUT2D eigenvalue weighted by atomic mass is 16.6. The first kappa shape index (κ1) is 30.4. The van der Waals surface area contributed by atoms with Crippen molar-refractivity contribution in [2.75, 3.05) is 20.2 Å². The Morgan fingerprint density at radius 1 is 0.923 bits per heavy atom. The summed E-state index contributed by atoms with van der Waals surface area (Å²) >= 11 is 0. The largest absolute Gasteiger partial charge is 0.494 e. The van der Waals surface area contributed by atoms with E-state index in [1.54, 1.807) is 30.3 Å². The number of aromatic nitrogens is 1. The molecule has 0 aliphatic rings. The fourth-order valence-corrected chi connectivity index (χ4v) is 3.40. The number of amides is 2. The zero-order valence-electron chi connectivity index (χ0n) is 22.6. The summed E-state index contributed by atoms with van der Waals surface area (Å²) in [6, 6.07) is 14.1. The zero-order valence-corrected chi connectivity index (χ0v) is 22.6. The Balaban J connectivity index is 0.00000260. The number of esters is 1. The number of benzene rings is 2. The van der Waals surface area contributed by atoms with Crippen LogP contribution in [0.3, 0.4) is 0 Å². The minimum Gasteiger partial charge on any atom is -0.494 e. The van der Waals surface area contributed by atoms with Gasteiger partial charge < -0.3 is 20.1 Å². The SMILES string of the molecule is C=C.C=C(OC)C(=O)CNC(=O)CNC(=O)c1ccnc2cc(-c3cccc(C(=O)OC(C)(C)C)c3)ccc12. The molecule has 0 unspecified atom stereocenters. The Morgan fingerprint density at radius 2 is 1.62 bits per heavy atom. The lowest BCUT2D eigenvalue weighted by Gasteiger charge is -2.19. The maximum absolute atomic E-state index is 12.8.